The van der Waals surface area contributed by atoms with Crippen molar-refractivity contribution < 1.29 is 9.90 Å². The Kier molecular flexibility index (Phi) is 3.52. The van der Waals surface area contributed by atoms with Crippen LogP contribution in [0, 0.1) is 0 Å². The molecular formula is C13H14BrNO2. The van der Waals surface area contributed by atoms with Crippen LogP contribution in [0.3, 0.4) is 0 Å². The van der Waals surface area contributed by atoms with Crippen LogP contribution < -0.4 is 0 Å². The lowest BCUT2D eigenvalue weighted by Crippen LogP contribution is -1.99. The molecule has 0 bridgehead atoms. The number of nitrogens with zero attached hydrogens (tertiary/aromatic N) is 1. The summed E-state index contributed by atoms with van der Waals surface area (Å²) in [6, 6.07) is 5.96. The van der Waals surface area contributed by atoms with Crippen LogP contribution in [0.5, 0.6) is 0 Å². The van der Waals surface area contributed by atoms with Gasteiger partial charge in [0.1, 0.15) is 0 Å². The van der Waals surface area contributed by atoms with Crippen LogP contribution in [-0.2, 0) is 17.8 Å². The number of hydrogen-bond donors (Lipinski definition) is 1. The van der Waals surface area contributed by atoms with E-state index in [1.54, 1.807) is 0 Å². The fourth-order valence-electron chi connectivity index (χ4n) is 2.07. The van der Waals surface area contributed by atoms with Crippen molar-refractivity contribution in [1.29, 1.82) is 0 Å². The third-order valence-corrected chi connectivity index (χ3v) is 3.23. The number of rotatable bonds is 4. The Morgan fingerprint density at radius 1 is 1.47 bits per heavy atom. The third kappa shape index (κ3) is 2.52. The first-order valence-corrected chi connectivity index (χ1v) is 6.40. The summed E-state index contributed by atoms with van der Waals surface area (Å²) in [6.45, 7) is 3.02. The predicted octanol–water partition coefficient (Wildman–Crippen LogP) is 3.44. The van der Waals surface area contributed by atoms with Crippen LogP contribution >= 0.6 is 15.9 Å². The van der Waals surface area contributed by atoms with Crippen LogP contribution in [0.25, 0.3) is 10.9 Å². The molecule has 0 aliphatic carbocycles. The average molecular weight is 296 g/mol. The lowest BCUT2D eigenvalue weighted by atomic mass is 10.1. The maximum atomic E-state index is 10.8. The van der Waals surface area contributed by atoms with Crippen LogP contribution in [-0.4, -0.2) is 15.6 Å². The van der Waals surface area contributed by atoms with E-state index in [0.717, 1.165) is 33.9 Å². The molecule has 2 rings (SSSR count). The van der Waals surface area contributed by atoms with Crippen molar-refractivity contribution in [3.8, 4) is 0 Å². The topological polar surface area (TPSA) is 42.2 Å². The first-order chi connectivity index (χ1) is 8.11. The van der Waals surface area contributed by atoms with Crippen molar-refractivity contribution in [2.24, 2.45) is 0 Å². The summed E-state index contributed by atoms with van der Waals surface area (Å²) in [5, 5.41) is 9.93. The molecule has 2 aromatic rings. The van der Waals surface area contributed by atoms with E-state index in [1.807, 2.05) is 24.4 Å². The fraction of sp³-hybridized carbons (Fsp3) is 0.308. The van der Waals surface area contributed by atoms with E-state index >= 15 is 0 Å². The zero-order valence-electron chi connectivity index (χ0n) is 9.61. The lowest BCUT2D eigenvalue weighted by Gasteiger charge is -2.02. The maximum Gasteiger partial charge on any atom is 0.307 e. The summed E-state index contributed by atoms with van der Waals surface area (Å²) in [7, 11) is 0. The van der Waals surface area contributed by atoms with E-state index in [-0.39, 0.29) is 6.42 Å². The minimum atomic E-state index is -0.788. The number of hydrogen-bond acceptors (Lipinski definition) is 1. The van der Waals surface area contributed by atoms with Crippen LogP contribution in [0.4, 0.5) is 0 Å². The second-order valence-corrected chi connectivity index (χ2v) is 5.00. The summed E-state index contributed by atoms with van der Waals surface area (Å²) in [6.07, 6.45) is 3.06. The van der Waals surface area contributed by atoms with Crippen molar-refractivity contribution in [2.75, 3.05) is 0 Å². The Hall–Kier alpha value is -1.29. The van der Waals surface area contributed by atoms with Gasteiger partial charge in [0.15, 0.2) is 0 Å². The van der Waals surface area contributed by atoms with E-state index in [0.29, 0.717) is 0 Å². The third-order valence-electron chi connectivity index (χ3n) is 2.73. The molecule has 0 aliphatic heterocycles. The number of carbonyl (C=O) groups is 1. The van der Waals surface area contributed by atoms with Gasteiger partial charge < -0.3 is 9.67 Å². The van der Waals surface area contributed by atoms with Crippen LogP contribution in [0.1, 0.15) is 18.9 Å². The molecule has 0 saturated carbocycles. The van der Waals surface area contributed by atoms with Gasteiger partial charge in [-0.25, -0.2) is 0 Å². The van der Waals surface area contributed by atoms with E-state index in [9.17, 15) is 4.79 Å². The number of aliphatic carboxylic acids is 1. The molecule has 4 heteroatoms. The highest BCUT2D eigenvalue weighted by Gasteiger charge is 2.11. The first kappa shape index (κ1) is 12.2. The van der Waals surface area contributed by atoms with Gasteiger partial charge in [0.2, 0.25) is 0 Å². The normalized spacial score (nSPS) is 10.9. The molecule has 0 atom stereocenters. The van der Waals surface area contributed by atoms with Gasteiger partial charge in [-0.3, -0.25) is 4.79 Å². The molecule has 0 saturated heterocycles. The molecule has 1 N–H and O–H groups in total. The first-order valence-electron chi connectivity index (χ1n) is 5.61. The summed E-state index contributed by atoms with van der Waals surface area (Å²) in [5.41, 5.74) is 1.98. The summed E-state index contributed by atoms with van der Waals surface area (Å²) in [4.78, 5) is 10.8. The summed E-state index contributed by atoms with van der Waals surface area (Å²) >= 11 is 3.45. The number of aromatic nitrogens is 1. The van der Waals surface area contributed by atoms with Crippen LogP contribution in [0.15, 0.2) is 28.9 Å². The quantitative estimate of drug-likeness (QED) is 0.939. The predicted molar refractivity (Wildman–Crippen MR) is 71.3 cm³/mol. The minimum absolute atomic E-state index is 0.0782. The average Bonchev–Trinajstić information content (AvgIpc) is 2.56. The van der Waals surface area contributed by atoms with E-state index in [1.165, 1.54) is 0 Å². The van der Waals surface area contributed by atoms with E-state index in [2.05, 4.69) is 27.4 Å². The van der Waals surface area contributed by atoms with Gasteiger partial charge in [0.25, 0.3) is 0 Å². The van der Waals surface area contributed by atoms with Crippen molar-refractivity contribution in [3.63, 3.8) is 0 Å². The fourth-order valence-corrected chi connectivity index (χ4v) is 2.42. The Bertz CT molecular complexity index is 560. The van der Waals surface area contributed by atoms with Gasteiger partial charge in [0.05, 0.1) is 6.42 Å². The Balaban J connectivity index is 2.57. The van der Waals surface area contributed by atoms with Gasteiger partial charge in [-0.1, -0.05) is 28.9 Å². The van der Waals surface area contributed by atoms with Gasteiger partial charge in [-0.2, -0.15) is 0 Å². The standard InChI is InChI=1S/C13H14BrNO2/c1-2-5-15-8-9(6-13(16)17)11-4-3-10(14)7-12(11)15/h3-4,7-8H,2,5-6H2,1H3,(H,16,17). The largest absolute Gasteiger partial charge is 0.481 e. The van der Waals surface area contributed by atoms with Crippen molar-refractivity contribution in [2.45, 2.75) is 26.3 Å². The highest BCUT2D eigenvalue weighted by Crippen LogP contribution is 2.25. The molecule has 3 nitrogen and oxygen atoms in total. The summed E-state index contributed by atoms with van der Waals surface area (Å²) < 4.78 is 3.14. The number of carboxylic acids is 1. The number of aryl methyl sites for hydroxylation is 1. The Morgan fingerprint density at radius 3 is 2.88 bits per heavy atom. The number of fused-ring (bicyclic) bond motifs is 1. The molecule has 0 fully saturated rings. The molecule has 1 aromatic carbocycles. The maximum absolute atomic E-state index is 10.8. The zero-order valence-corrected chi connectivity index (χ0v) is 11.2. The highest BCUT2D eigenvalue weighted by molar-refractivity contribution is 9.10. The van der Waals surface area contributed by atoms with E-state index < -0.39 is 5.97 Å². The molecule has 1 aromatic heterocycles. The van der Waals surface area contributed by atoms with Crippen molar-refractivity contribution in [1.82, 2.24) is 4.57 Å². The second kappa shape index (κ2) is 4.92. The zero-order chi connectivity index (χ0) is 12.4. The van der Waals surface area contributed by atoms with Crippen molar-refractivity contribution >= 4 is 32.8 Å². The minimum Gasteiger partial charge on any atom is -0.481 e. The van der Waals surface area contributed by atoms with Crippen LogP contribution in [0.2, 0.25) is 0 Å². The van der Waals surface area contributed by atoms with E-state index in [4.69, 9.17) is 5.11 Å². The molecule has 0 amide bonds. The summed E-state index contributed by atoms with van der Waals surface area (Å²) in [5.74, 6) is -0.788. The molecule has 0 radical (unpaired) electrons. The van der Waals surface area contributed by atoms with Gasteiger partial charge in [-0.05, 0) is 24.1 Å². The van der Waals surface area contributed by atoms with Gasteiger partial charge in [0, 0.05) is 28.1 Å². The molecule has 0 spiro atoms. The van der Waals surface area contributed by atoms with Gasteiger partial charge >= 0.3 is 5.97 Å². The second-order valence-electron chi connectivity index (χ2n) is 4.08. The molecule has 90 valence electrons. The Labute approximate surface area is 108 Å². The van der Waals surface area contributed by atoms with Crippen molar-refractivity contribution in [3.05, 3.63) is 34.4 Å². The molecule has 0 unspecified atom stereocenters. The number of carboxylic acid groups (broad SMARTS) is 1. The molecule has 1 heterocycles. The highest BCUT2D eigenvalue weighted by atomic mass is 79.9. The molecule has 17 heavy (non-hydrogen) atoms. The Morgan fingerprint density at radius 2 is 2.24 bits per heavy atom. The molecule has 0 aliphatic rings. The monoisotopic (exact) mass is 295 g/mol. The van der Waals surface area contributed by atoms with Gasteiger partial charge in [-0.15, -0.1) is 0 Å². The molecular weight excluding hydrogens is 282 g/mol. The smallest absolute Gasteiger partial charge is 0.307 e. The number of halogens is 1. The SMILES string of the molecule is CCCn1cc(CC(=O)O)c2ccc(Br)cc21. The lowest BCUT2D eigenvalue weighted by molar-refractivity contribution is -0.136. The number of benzene rings is 1.